The van der Waals surface area contributed by atoms with Gasteiger partial charge < -0.3 is 28.5 Å². The number of hydrogen-bond donors (Lipinski definition) is 1. The van der Waals surface area contributed by atoms with E-state index in [-0.39, 0.29) is 38.2 Å². The lowest BCUT2D eigenvalue weighted by Gasteiger charge is -2.25. The van der Waals surface area contributed by atoms with Gasteiger partial charge in [0, 0.05) is 12.8 Å². The number of nitrogens with zero attached hydrogens (tertiary/aromatic N) is 1. The number of carbonyl (C=O) groups excluding carboxylic acids is 2. The van der Waals surface area contributed by atoms with Crippen LogP contribution in [-0.4, -0.2) is 87.4 Å². The van der Waals surface area contributed by atoms with Gasteiger partial charge in [0.1, 0.15) is 13.2 Å². The first kappa shape index (κ1) is 92.0. The Hall–Kier alpha value is -3.01. The standard InChI is InChI=1S/C86H159NO8/c1-6-8-10-12-14-16-18-20-22-24-26-28-30-32-34-36-37-38-39-40-41-42-43-44-45-46-47-49-51-53-55-57-59-61-63-65-67-69-71-73-75-77-84(89)95-82(81-94-86(85(90)91)92-79-78-87(3,4)5)80-93-83(88)76-74-72-70-68-66-64-62-60-58-56-54-52-50-48-35-33-31-29-27-25-23-21-19-17-15-13-11-9-7-2/h18-21,24-27,30,32,82,86H,6-17,22-23,28-29,31,33-81H2,1-5H3/p+1/b20-18-,21-19-,26-24-,27-25-,32-30-. The Kier molecular flexibility index (Phi) is 74.3. The minimum absolute atomic E-state index is 0.177. The number of allylic oxidation sites excluding steroid dienone is 10. The van der Waals surface area contributed by atoms with Gasteiger partial charge in [-0.15, -0.1) is 0 Å². The van der Waals surface area contributed by atoms with E-state index in [1.54, 1.807) is 0 Å². The number of esters is 2. The van der Waals surface area contributed by atoms with Crippen LogP contribution < -0.4 is 0 Å². The van der Waals surface area contributed by atoms with Crippen molar-refractivity contribution in [3.63, 3.8) is 0 Å². The van der Waals surface area contributed by atoms with Gasteiger partial charge >= 0.3 is 17.9 Å². The molecule has 0 radical (unpaired) electrons. The SMILES string of the molecule is CCCCCCC/C=C\C/C=C\C/C=C\CCCCCCCCCCCCCCCCCCCCCCCCCCCCC(=O)OC(COC(=O)CCCCCCCCCCCCCCCCCCC/C=C\C/C=C\CCCCCCC)COC(OCC[N+](C)(C)C)C(=O)O. The molecule has 556 valence electrons. The predicted molar refractivity (Wildman–Crippen MR) is 410 cm³/mol. The Bertz CT molecular complexity index is 1750. The molecule has 2 unspecified atom stereocenters. The summed E-state index contributed by atoms with van der Waals surface area (Å²) in [5.74, 6) is -1.97. The summed E-state index contributed by atoms with van der Waals surface area (Å²) in [7, 11) is 6.00. The summed E-state index contributed by atoms with van der Waals surface area (Å²) in [5, 5.41) is 9.78. The van der Waals surface area contributed by atoms with Gasteiger partial charge in [0.15, 0.2) is 6.10 Å². The van der Waals surface area contributed by atoms with Gasteiger partial charge in [-0.1, -0.05) is 376 Å². The summed E-state index contributed by atoms with van der Waals surface area (Å²) in [4.78, 5) is 37.8. The molecule has 0 spiro atoms. The molecule has 9 heteroatoms. The first-order valence-electron chi connectivity index (χ1n) is 41.5. The highest BCUT2D eigenvalue weighted by Gasteiger charge is 2.25. The van der Waals surface area contributed by atoms with Crippen molar-refractivity contribution in [1.82, 2.24) is 0 Å². The molecule has 0 aromatic rings. The molecule has 0 heterocycles. The number of likely N-dealkylation sites (N-methyl/N-ethyl adjacent to an activating group) is 1. The second-order valence-corrected chi connectivity index (χ2v) is 29.4. The van der Waals surface area contributed by atoms with Crippen LogP contribution in [-0.2, 0) is 33.3 Å². The van der Waals surface area contributed by atoms with Gasteiger partial charge in [-0.3, -0.25) is 9.59 Å². The first-order chi connectivity index (χ1) is 46.6. The molecule has 0 aliphatic rings. The van der Waals surface area contributed by atoms with E-state index in [1.165, 1.54) is 327 Å². The van der Waals surface area contributed by atoms with Crippen molar-refractivity contribution in [2.24, 2.45) is 0 Å². The van der Waals surface area contributed by atoms with Crippen molar-refractivity contribution in [2.75, 3.05) is 47.5 Å². The molecular weight excluding hydrogens is 1170 g/mol. The average Bonchev–Trinajstić information content (AvgIpc) is 3.54. The number of ether oxygens (including phenoxy) is 4. The molecule has 0 aliphatic heterocycles. The summed E-state index contributed by atoms with van der Waals surface area (Å²) < 4.78 is 23.1. The van der Waals surface area contributed by atoms with Crippen molar-refractivity contribution in [1.29, 1.82) is 0 Å². The van der Waals surface area contributed by atoms with Gasteiger partial charge in [-0.25, -0.2) is 4.79 Å². The number of aliphatic carboxylic acids is 1. The van der Waals surface area contributed by atoms with E-state index in [0.717, 1.165) is 57.8 Å². The molecule has 0 bridgehead atoms. The fraction of sp³-hybridized carbons (Fsp3) is 0.849. The molecule has 1 N–H and O–H groups in total. The number of carboxylic acids is 1. The number of carbonyl (C=O) groups is 3. The summed E-state index contributed by atoms with van der Waals surface area (Å²) >= 11 is 0. The molecule has 0 saturated heterocycles. The maximum absolute atomic E-state index is 13.0. The quantitative estimate of drug-likeness (QED) is 0.0211. The minimum atomic E-state index is -1.51. The first-order valence-corrected chi connectivity index (χ1v) is 41.5. The second-order valence-electron chi connectivity index (χ2n) is 29.4. The molecule has 9 nitrogen and oxygen atoms in total. The van der Waals surface area contributed by atoms with Gasteiger partial charge in [0.2, 0.25) is 0 Å². The van der Waals surface area contributed by atoms with Crippen molar-refractivity contribution in [3.8, 4) is 0 Å². The topological polar surface area (TPSA) is 108 Å². The smallest absolute Gasteiger partial charge is 0.361 e. The van der Waals surface area contributed by atoms with Gasteiger partial charge in [0.25, 0.3) is 6.29 Å². The summed E-state index contributed by atoms with van der Waals surface area (Å²) in [6, 6.07) is 0. The molecular formula is C86H160NO8+. The van der Waals surface area contributed by atoms with Gasteiger partial charge in [-0.2, -0.15) is 0 Å². The molecule has 0 aromatic heterocycles. The number of quaternary nitrogens is 1. The number of rotatable bonds is 78. The maximum atomic E-state index is 13.0. The van der Waals surface area contributed by atoms with Crippen molar-refractivity contribution >= 4 is 17.9 Å². The second kappa shape index (κ2) is 76.7. The molecule has 0 aromatic carbocycles. The van der Waals surface area contributed by atoms with E-state index in [9.17, 15) is 19.5 Å². The number of hydrogen-bond acceptors (Lipinski definition) is 7. The Morgan fingerprint density at radius 1 is 0.316 bits per heavy atom. The molecule has 0 fully saturated rings. The Morgan fingerprint density at radius 3 is 0.842 bits per heavy atom. The van der Waals surface area contributed by atoms with Crippen LogP contribution in [0, 0.1) is 0 Å². The number of carboxylic acid groups (broad SMARTS) is 1. The van der Waals surface area contributed by atoms with Crippen LogP contribution >= 0.6 is 0 Å². The van der Waals surface area contributed by atoms with Crippen LogP contribution in [0.2, 0.25) is 0 Å². The zero-order chi connectivity index (χ0) is 69.0. The molecule has 0 saturated carbocycles. The monoisotopic (exact) mass is 1340 g/mol. The van der Waals surface area contributed by atoms with Crippen LogP contribution in [0.1, 0.15) is 412 Å². The number of unbranched alkanes of at least 4 members (excludes halogenated alkanes) is 53. The van der Waals surface area contributed by atoms with E-state index in [2.05, 4.69) is 74.6 Å². The van der Waals surface area contributed by atoms with Crippen LogP contribution in [0.3, 0.4) is 0 Å². The third-order valence-electron chi connectivity index (χ3n) is 18.7. The van der Waals surface area contributed by atoms with Crippen LogP contribution in [0.4, 0.5) is 0 Å². The van der Waals surface area contributed by atoms with Gasteiger partial charge in [0.05, 0.1) is 34.4 Å². The highest BCUT2D eigenvalue weighted by Crippen LogP contribution is 2.20. The van der Waals surface area contributed by atoms with Crippen LogP contribution in [0.15, 0.2) is 60.8 Å². The van der Waals surface area contributed by atoms with Crippen molar-refractivity contribution in [3.05, 3.63) is 60.8 Å². The molecule has 0 amide bonds. The zero-order valence-corrected chi connectivity index (χ0v) is 63.8. The summed E-state index contributed by atoms with van der Waals surface area (Å²) in [5.41, 5.74) is 0. The Labute approximate surface area is 590 Å². The third-order valence-corrected chi connectivity index (χ3v) is 18.7. The van der Waals surface area contributed by atoms with E-state index in [1.807, 2.05) is 21.1 Å². The molecule has 95 heavy (non-hydrogen) atoms. The predicted octanol–water partition coefficient (Wildman–Crippen LogP) is 26.6. The van der Waals surface area contributed by atoms with Crippen molar-refractivity contribution < 1.29 is 42.9 Å². The Morgan fingerprint density at radius 2 is 0.568 bits per heavy atom. The summed E-state index contributed by atoms with van der Waals surface area (Å²) in [6.45, 7) is 4.92. The largest absolute Gasteiger partial charge is 0.477 e. The third kappa shape index (κ3) is 78.2. The van der Waals surface area contributed by atoms with Crippen LogP contribution in [0.25, 0.3) is 0 Å². The maximum Gasteiger partial charge on any atom is 0.361 e. The lowest BCUT2D eigenvalue weighted by Crippen LogP contribution is -2.40. The van der Waals surface area contributed by atoms with E-state index in [4.69, 9.17) is 18.9 Å². The molecule has 0 rings (SSSR count). The molecule has 2 atom stereocenters. The average molecular weight is 1340 g/mol. The minimum Gasteiger partial charge on any atom is -0.477 e. The fourth-order valence-corrected chi connectivity index (χ4v) is 12.4. The highest BCUT2D eigenvalue weighted by molar-refractivity contribution is 5.71. The van der Waals surface area contributed by atoms with E-state index in [0.29, 0.717) is 17.4 Å². The Balaban J connectivity index is 3.94. The lowest BCUT2D eigenvalue weighted by molar-refractivity contribution is -0.870. The normalized spacial score (nSPS) is 12.9. The highest BCUT2D eigenvalue weighted by atomic mass is 16.7. The lowest BCUT2D eigenvalue weighted by atomic mass is 10.0. The zero-order valence-electron chi connectivity index (χ0n) is 63.8. The summed E-state index contributed by atoms with van der Waals surface area (Å²) in [6.07, 6.45) is 99.6. The fourth-order valence-electron chi connectivity index (χ4n) is 12.4. The van der Waals surface area contributed by atoms with E-state index < -0.39 is 18.4 Å². The van der Waals surface area contributed by atoms with Gasteiger partial charge in [-0.05, 0) is 83.5 Å². The van der Waals surface area contributed by atoms with Crippen molar-refractivity contribution in [2.45, 2.75) is 424 Å². The van der Waals surface area contributed by atoms with E-state index >= 15 is 0 Å². The molecule has 0 aliphatic carbocycles. The van der Waals surface area contributed by atoms with Crippen LogP contribution in [0.5, 0.6) is 0 Å².